The Morgan fingerprint density at radius 1 is 1.35 bits per heavy atom. The van der Waals surface area contributed by atoms with E-state index in [0.717, 1.165) is 57.0 Å². The van der Waals surface area contributed by atoms with Crippen LogP contribution in [0.5, 0.6) is 5.88 Å². The molecule has 20 heavy (non-hydrogen) atoms. The van der Waals surface area contributed by atoms with E-state index >= 15 is 0 Å². The minimum atomic E-state index is 0.317. The van der Waals surface area contributed by atoms with E-state index < -0.39 is 0 Å². The summed E-state index contributed by atoms with van der Waals surface area (Å²) in [6, 6.07) is 4.21. The van der Waals surface area contributed by atoms with Crippen molar-refractivity contribution in [3.63, 3.8) is 0 Å². The van der Waals surface area contributed by atoms with Crippen molar-refractivity contribution in [1.82, 2.24) is 15.2 Å². The molecule has 0 bridgehead atoms. The number of nitrogens with zero attached hydrogens (tertiary/aromatic N) is 2. The lowest BCUT2D eigenvalue weighted by molar-refractivity contribution is 0.110. The van der Waals surface area contributed by atoms with Crippen LogP contribution < -0.4 is 10.1 Å². The zero-order chi connectivity index (χ0) is 14.4. The highest BCUT2D eigenvalue weighted by Gasteiger charge is 2.18. The van der Waals surface area contributed by atoms with Crippen molar-refractivity contribution in [2.45, 2.75) is 45.8 Å². The monoisotopic (exact) mass is 277 g/mol. The summed E-state index contributed by atoms with van der Waals surface area (Å²) in [5.74, 6) is 0.785. The van der Waals surface area contributed by atoms with Gasteiger partial charge >= 0.3 is 0 Å². The molecule has 2 heterocycles. The summed E-state index contributed by atoms with van der Waals surface area (Å²) in [4.78, 5) is 6.86. The number of pyridine rings is 1. The maximum absolute atomic E-state index is 6.07. The molecular formula is C16H27N3O. The van der Waals surface area contributed by atoms with E-state index in [1.54, 1.807) is 0 Å². The van der Waals surface area contributed by atoms with E-state index in [1.165, 1.54) is 5.56 Å². The third-order valence-electron chi connectivity index (χ3n) is 3.70. The molecule has 0 spiro atoms. The number of likely N-dealkylation sites (tertiary alicyclic amines) is 1. The quantitative estimate of drug-likeness (QED) is 0.810. The standard InChI is InChI=1S/C16H27N3O/c1-4-7-17-12-14-10-13(2)18-16(11-14)20-15-5-8-19(3)9-6-15/h10-11,15,17H,4-9,12H2,1-3H3. The van der Waals surface area contributed by atoms with E-state index in [0.29, 0.717) is 6.10 Å². The SMILES string of the molecule is CCCNCc1cc(C)nc(OC2CCN(C)CC2)c1. The molecule has 0 aliphatic carbocycles. The van der Waals surface area contributed by atoms with Crippen molar-refractivity contribution < 1.29 is 4.74 Å². The van der Waals surface area contributed by atoms with Gasteiger partial charge in [-0.1, -0.05) is 6.92 Å². The van der Waals surface area contributed by atoms with E-state index in [-0.39, 0.29) is 0 Å². The fourth-order valence-corrected chi connectivity index (χ4v) is 2.55. The Morgan fingerprint density at radius 3 is 2.80 bits per heavy atom. The fourth-order valence-electron chi connectivity index (χ4n) is 2.55. The Bertz CT molecular complexity index is 414. The summed E-state index contributed by atoms with van der Waals surface area (Å²) >= 11 is 0. The lowest BCUT2D eigenvalue weighted by atomic mass is 10.1. The molecule has 0 unspecified atom stereocenters. The Labute approximate surface area is 122 Å². The zero-order valence-corrected chi connectivity index (χ0v) is 13.0. The molecule has 1 saturated heterocycles. The van der Waals surface area contributed by atoms with Gasteiger partial charge in [-0.3, -0.25) is 0 Å². The van der Waals surface area contributed by atoms with Crippen molar-refractivity contribution in [3.05, 3.63) is 23.4 Å². The molecule has 0 amide bonds. The Hall–Kier alpha value is -1.13. The normalized spacial score (nSPS) is 17.4. The predicted molar refractivity (Wildman–Crippen MR) is 82.1 cm³/mol. The molecule has 2 rings (SSSR count). The van der Waals surface area contributed by atoms with Gasteiger partial charge in [0.05, 0.1) is 0 Å². The lowest BCUT2D eigenvalue weighted by Crippen LogP contribution is -2.35. The van der Waals surface area contributed by atoms with Crippen molar-refractivity contribution in [1.29, 1.82) is 0 Å². The van der Waals surface area contributed by atoms with Gasteiger partial charge in [-0.2, -0.15) is 0 Å². The van der Waals surface area contributed by atoms with E-state index in [9.17, 15) is 0 Å². The maximum Gasteiger partial charge on any atom is 0.214 e. The van der Waals surface area contributed by atoms with Crippen LogP contribution in [0.15, 0.2) is 12.1 Å². The number of rotatable bonds is 6. The van der Waals surface area contributed by atoms with Gasteiger partial charge in [0, 0.05) is 31.4 Å². The summed E-state index contributed by atoms with van der Waals surface area (Å²) in [5.41, 5.74) is 2.29. The Kier molecular flexibility index (Phi) is 5.80. The summed E-state index contributed by atoms with van der Waals surface area (Å²) in [7, 11) is 2.17. The van der Waals surface area contributed by atoms with Crippen LogP contribution in [0.3, 0.4) is 0 Å². The third-order valence-corrected chi connectivity index (χ3v) is 3.70. The van der Waals surface area contributed by atoms with Gasteiger partial charge in [-0.15, -0.1) is 0 Å². The van der Waals surface area contributed by atoms with Gasteiger partial charge in [0.25, 0.3) is 0 Å². The first-order chi connectivity index (χ1) is 9.67. The van der Waals surface area contributed by atoms with Gasteiger partial charge in [0.15, 0.2) is 0 Å². The fraction of sp³-hybridized carbons (Fsp3) is 0.688. The summed E-state index contributed by atoms with van der Waals surface area (Å²) in [6.45, 7) is 8.38. The second-order valence-electron chi connectivity index (χ2n) is 5.75. The second-order valence-corrected chi connectivity index (χ2v) is 5.75. The molecule has 1 aromatic rings. The zero-order valence-electron chi connectivity index (χ0n) is 13.0. The number of aromatic nitrogens is 1. The summed E-state index contributed by atoms with van der Waals surface area (Å²) < 4.78 is 6.07. The van der Waals surface area contributed by atoms with Gasteiger partial charge in [0.1, 0.15) is 6.10 Å². The van der Waals surface area contributed by atoms with Crippen molar-refractivity contribution in [2.24, 2.45) is 0 Å². The first-order valence-corrected chi connectivity index (χ1v) is 7.71. The third kappa shape index (κ3) is 4.76. The topological polar surface area (TPSA) is 37.4 Å². The van der Waals surface area contributed by atoms with E-state index in [2.05, 4.69) is 41.3 Å². The van der Waals surface area contributed by atoms with Gasteiger partial charge in [-0.05, 0) is 51.4 Å². The highest BCUT2D eigenvalue weighted by molar-refractivity contribution is 5.24. The molecule has 1 aliphatic rings. The molecule has 112 valence electrons. The van der Waals surface area contributed by atoms with E-state index in [1.807, 2.05) is 6.92 Å². The molecule has 4 heteroatoms. The first kappa shape index (κ1) is 15.3. The minimum Gasteiger partial charge on any atom is -0.474 e. The molecule has 1 aliphatic heterocycles. The largest absolute Gasteiger partial charge is 0.474 e. The molecular weight excluding hydrogens is 250 g/mol. The van der Waals surface area contributed by atoms with Crippen LogP contribution in [0.1, 0.15) is 37.4 Å². The van der Waals surface area contributed by atoms with Crippen LogP contribution in [0.4, 0.5) is 0 Å². The van der Waals surface area contributed by atoms with Crippen LogP contribution in [0, 0.1) is 6.92 Å². The van der Waals surface area contributed by atoms with Gasteiger partial charge in [0.2, 0.25) is 5.88 Å². The number of hydrogen-bond acceptors (Lipinski definition) is 4. The minimum absolute atomic E-state index is 0.317. The predicted octanol–water partition coefficient (Wildman–Crippen LogP) is 2.36. The molecule has 0 atom stereocenters. The average molecular weight is 277 g/mol. The second kappa shape index (κ2) is 7.60. The van der Waals surface area contributed by atoms with Gasteiger partial charge in [-0.25, -0.2) is 4.98 Å². The first-order valence-electron chi connectivity index (χ1n) is 7.71. The van der Waals surface area contributed by atoms with Crippen LogP contribution >= 0.6 is 0 Å². The number of nitrogens with one attached hydrogen (secondary N) is 1. The van der Waals surface area contributed by atoms with Crippen molar-refractivity contribution in [3.8, 4) is 5.88 Å². The van der Waals surface area contributed by atoms with Crippen LogP contribution in [-0.2, 0) is 6.54 Å². The molecule has 0 aromatic carbocycles. The number of ether oxygens (including phenoxy) is 1. The number of piperidine rings is 1. The van der Waals surface area contributed by atoms with E-state index in [4.69, 9.17) is 4.74 Å². The van der Waals surface area contributed by atoms with Crippen LogP contribution in [0.2, 0.25) is 0 Å². The highest BCUT2D eigenvalue weighted by atomic mass is 16.5. The molecule has 4 nitrogen and oxygen atoms in total. The van der Waals surface area contributed by atoms with Crippen LogP contribution in [0.25, 0.3) is 0 Å². The molecule has 1 N–H and O–H groups in total. The molecule has 0 radical (unpaired) electrons. The molecule has 0 saturated carbocycles. The van der Waals surface area contributed by atoms with Gasteiger partial charge < -0.3 is 15.0 Å². The highest BCUT2D eigenvalue weighted by Crippen LogP contribution is 2.18. The van der Waals surface area contributed by atoms with Crippen LogP contribution in [-0.4, -0.2) is 42.7 Å². The number of aryl methyl sites for hydroxylation is 1. The average Bonchev–Trinajstić information content (AvgIpc) is 2.41. The van der Waals surface area contributed by atoms with Crippen molar-refractivity contribution >= 4 is 0 Å². The lowest BCUT2D eigenvalue weighted by Gasteiger charge is -2.29. The maximum atomic E-state index is 6.07. The molecule has 1 aromatic heterocycles. The van der Waals surface area contributed by atoms with Crippen molar-refractivity contribution in [2.75, 3.05) is 26.7 Å². The number of hydrogen-bond donors (Lipinski definition) is 1. The Morgan fingerprint density at radius 2 is 2.10 bits per heavy atom. The molecule has 1 fully saturated rings. The smallest absolute Gasteiger partial charge is 0.214 e. The summed E-state index contributed by atoms with van der Waals surface area (Å²) in [5, 5.41) is 3.43. The Balaban J connectivity index is 1.93. The summed E-state index contributed by atoms with van der Waals surface area (Å²) in [6.07, 6.45) is 3.66.